The molecule has 0 radical (unpaired) electrons. The fourth-order valence-corrected chi connectivity index (χ4v) is 2.32. The number of amides is 1. The summed E-state index contributed by atoms with van der Waals surface area (Å²) in [6.07, 6.45) is 0. The standard InChI is InChI=1S/C15H13Cl2NO/c1-10(11-5-3-2-4-6-11)18-15(19)12-7-13(16)9-14(17)8-12/h2-10H,1H3,(H,18,19). The van der Waals surface area contributed by atoms with E-state index in [0.717, 1.165) is 5.56 Å². The fraction of sp³-hybridized carbons (Fsp3) is 0.133. The molecule has 0 aliphatic rings. The molecule has 0 saturated carbocycles. The van der Waals surface area contributed by atoms with Gasteiger partial charge in [-0.25, -0.2) is 0 Å². The molecule has 2 nitrogen and oxygen atoms in total. The van der Waals surface area contributed by atoms with Crippen molar-refractivity contribution in [3.05, 3.63) is 69.7 Å². The van der Waals surface area contributed by atoms with E-state index in [1.165, 1.54) is 0 Å². The number of carbonyl (C=O) groups excluding carboxylic acids is 1. The second-order valence-corrected chi connectivity index (χ2v) is 5.14. The van der Waals surface area contributed by atoms with Gasteiger partial charge in [-0.15, -0.1) is 0 Å². The lowest BCUT2D eigenvalue weighted by molar-refractivity contribution is 0.0940. The van der Waals surface area contributed by atoms with Gasteiger partial charge in [-0.05, 0) is 30.7 Å². The first-order valence-corrected chi connectivity index (χ1v) is 6.64. The molecule has 0 aliphatic heterocycles. The van der Waals surface area contributed by atoms with Crippen molar-refractivity contribution in [2.24, 2.45) is 0 Å². The Labute approximate surface area is 122 Å². The predicted octanol–water partition coefficient (Wildman–Crippen LogP) is 4.48. The van der Waals surface area contributed by atoms with Crippen molar-refractivity contribution in [1.29, 1.82) is 0 Å². The molecule has 1 atom stereocenters. The van der Waals surface area contributed by atoms with Crippen LogP contribution in [0.15, 0.2) is 48.5 Å². The average Bonchev–Trinajstić information content (AvgIpc) is 2.38. The highest BCUT2D eigenvalue weighted by Crippen LogP contribution is 2.20. The predicted molar refractivity (Wildman–Crippen MR) is 78.8 cm³/mol. The SMILES string of the molecule is CC(NC(=O)c1cc(Cl)cc(Cl)c1)c1ccccc1. The highest BCUT2D eigenvalue weighted by molar-refractivity contribution is 6.35. The zero-order valence-electron chi connectivity index (χ0n) is 10.4. The molecule has 0 bridgehead atoms. The monoisotopic (exact) mass is 293 g/mol. The first-order chi connectivity index (χ1) is 9.06. The van der Waals surface area contributed by atoms with Crippen LogP contribution in [-0.4, -0.2) is 5.91 Å². The molecule has 98 valence electrons. The summed E-state index contributed by atoms with van der Waals surface area (Å²) in [4.78, 5) is 12.1. The van der Waals surface area contributed by atoms with Crippen LogP contribution in [-0.2, 0) is 0 Å². The van der Waals surface area contributed by atoms with Gasteiger partial charge in [-0.2, -0.15) is 0 Å². The first kappa shape index (κ1) is 13.9. The number of rotatable bonds is 3. The van der Waals surface area contributed by atoms with Gasteiger partial charge < -0.3 is 5.32 Å². The lowest BCUT2D eigenvalue weighted by atomic mass is 10.1. The second-order valence-electron chi connectivity index (χ2n) is 4.26. The summed E-state index contributed by atoms with van der Waals surface area (Å²) in [5.41, 5.74) is 1.50. The maximum absolute atomic E-state index is 12.1. The van der Waals surface area contributed by atoms with E-state index in [9.17, 15) is 4.79 Å². The molecule has 1 amide bonds. The van der Waals surface area contributed by atoms with Crippen LogP contribution in [0.2, 0.25) is 10.0 Å². The molecule has 0 spiro atoms. The smallest absolute Gasteiger partial charge is 0.251 e. The van der Waals surface area contributed by atoms with Crippen molar-refractivity contribution in [1.82, 2.24) is 5.32 Å². The number of benzene rings is 2. The Morgan fingerprint density at radius 3 is 2.21 bits per heavy atom. The van der Waals surface area contributed by atoms with E-state index in [0.29, 0.717) is 15.6 Å². The first-order valence-electron chi connectivity index (χ1n) is 5.88. The van der Waals surface area contributed by atoms with E-state index < -0.39 is 0 Å². The molecule has 0 aliphatic carbocycles. The van der Waals surface area contributed by atoms with Crippen molar-refractivity contribution in [3.63, 3.8) is 0 Å². The Hall–Kier alpha value is -1.51. The molecule has 19 heavy (non-hydrogen) atoms. The Morgan fingerprint density at radius 2 is 1.63 bits per heavy atom. The van der Waals surface area contributed by atoms with Crippen LogP contribution in [0.1, 0.15) is 28.9 Å². The summed E-state index contributed by atoms with van der Waals surface area (Å²) in [6, 6.07) is 14.5. The van der Waals surface area contributed by atoms with Crippen molar-refractivity contribution < 1.29 is 4.79 Å². The minimum absolute atomic E-state index is 0.0774. The molecule has 2 aromatic rings. The molecule has 0 saturated heterocycles. The third-order valence-electron chi connectivity index (χ3n) is 2.77. The normalized spacial score (nSPS) is 11.9. The molecule has 2 aromatic carbocycles. The minimum Gasteiger partial charge on any atom is -0.346 e. The summed E-state index contributed by atoms with van der Waals surface area (Å²) < 4.78 is 0. The Bertz CT molecular complexity index is 564. The molecular formula is C15H13Cl2NO. The van der Waals surface area contributed by atoms with Crippen LogP contribution in [0, 0.1) is 0 Å². The topological polar surface area (TPSA) is 29.1 Å². The third kappa shape index (κ3) is 3.72. The van der Waals surface area contributed by atoms with Crippen molar-refractivity contribution in [2.45, 2.75) is 13.0 Å². The van der Waals surface area contributed by atoms with Crippen LogP contribution >= 0.6 is 23.2 Å². The van der Waals surface area contributed by atoms with Crippen molar-refractivity contribution in [2.75, 3.05) is 0 Å². The minimum atomic E-state index is -0.194. The largest absolute Gasteiger partial charge is 0.346 e. The van der Waals surface area contributed by atoms with Crippen LogP contribution in [0.5, 0.6) is 0 Å². The quantitative estimate of drug-likeness (QED) is 0.888. The molecule has 1 unspecified atom stereocenters. The van der Waals surface area contributed by atoms with E-state index in [1.54, 1.807) is 18.2 Å². The van der Waals surface area contributed by atoms with Gasteiger partial charge in [-0.1, -0.05) is 53.5 Å². The van der Waals surface area contributed by atoms with Gasteiger partial charge in [0.1, 0.15) is 0 Å². The Morgan fingerprint density at radius 1 is 1.05 bits per heavy atom. The second kappa shape index (κ2) is 6.09. The van der Waals surface area contributed by atoms with E-state index in [2.05, 4.69) is 5.32 Å². The maximum atomic E-state index is 12.1. The summed E-state index contributed by atoms with van der Waals surface area (Å²) in [6.45, 7) is 1.93. The van der Waals surface area contributed by atoms with E-state index in [1.807, 2.05) is 37.3 Å². The lowest BCUT2D eigenvalue weighted by Crippen LogP contribution is -2.26. The van der Waals surface area contributed by atoms with Crippen LogP contribution < -0.4 is 5.32 Å². The molecule has 0 heterocycles. The molecular weight excluding hydrogens is 281 g/mol. The summed E-state index contributed by atoms with van der Waals surface area (Å²) in [7, 11) is 0. The summed E-state index contributed by atoms with van der Waals surface area (Å²) in [5.74, 6) is -0.194. The van der Waals surface area contributed by atoms with E-state index in [4.69, 9.17) is 23.2 Å². The van der Waals surface area contributed by atoms with Gasteiger partial charge >= 0.3 is 0 Å². The molecule has 0 aromatic heterocycles. The zero-order valence-corrected chi connectivity index (χ0v) is 11.9. The molecule has 1 N–H and O–H groups in total. The Kier molecular flexibility index (Phi) is 4.46. The number of halogens is 2. The van der Waals surface area contributed by atoms with E-state index >= 15 is 0 Å². The molecule has 0 fully saturated rings. The third-order valence-corrected chi connectivity index (χ3v) is 3.21. The van der Waals surface area contributed by atoms with Gasteiger partial charge in [0, 0.05) is 15.6 Å². The van der Waals surface area contributed by atoms with Crippen LogP contribution in [0.4, 0.5) is 0 Å². The highest BCUT2D eigenvalue weighted by atomic mass is 35.5. The van der Waals surface area contributed by atoms with Gasteiger partial charge in [0.15, 0.2) is 0 Å². The van der Waals surface area contributed by atoms with Gasteiger partial charge in [0.05, 0.1) is 6.04 Å². The zero-order chi connectivity index (χ0) is 13.8. The highest BCUT2D eigenvalue weighted by Gasteiger charge is 2.12. The van der Waals surface area contributed by atoms with Crippen LogP contribution in [0.3, 0.4) is 0 Å². The van der Waals surface area contributed by atoms with E-state index in [-0.39, 0.29) is 11.9 Å². The maximum Gasteiger partial charge on any atom is 0.251 e. The lowest BCUT2D eigenvalue weighted by Gasteiger charge is -2.14. The summed E-state index contributed by atoms with van der Waals surface area (Å²) in [5, 5.41) is 3.81. The van der Waals surface area contributed by atoms with Gasteiger partial charge in [0.25, 0.3) is 5.91 Å². The molecule has 4 heteroatoms. The van der Waals surface area contributed by atoms with Crippen LogP contribution in [0.25, 0.3) is 0 Å². The fourth-order valence-electron chi connectivity index (χ4n) is 1.79. The summed E-state index contributed by atoms with van der Waals surface area (Å²) >= 11 is 11.8. The number of hydrogen-bond acceptors (Lipinski definition) is 1. The number of nitrogens with one attached hydrogen (secondary N) is 1. The average molecular weight is 294 g/mol. The Balaban J connectivity index is 2.13. The van der Waals surface area contributed by atoms with Gasteiger partial charge in [0.2, 0.25) is 0 Å². The molecule has 2 rings (SSSR count). The van der Waals surface area contributed by atoms with Crippen molar-refractivity contribution >= 4 is 29.1 Å². The number of carbonyl (C=O) groups is 1. The van der Waals surface area contributed by atoms with Crippen molar-refractivity contribution in [3.8, 4) is 0 Å². The van der Waals surface area contributed by atoms with Gasteiger partial charge in [-0.3, -0.25) is 4.79 Å². The number of hydrogen-bond donors (Lipinski definition) is 1.